The summed E-state index contributed by atoms with van der Waals surface area (Å²) in [6.45, 7) is 4.09. The van der Waals surface area contributed by atoms with Crippen molar-refractivity contribution in [3.63, 3.8) is 0 Å². The van der Waals surface area contributed by atoms with Crippen LogP contribution in [0.1, 0.15) is 11.1 Å². The van der Waals surface area contributed by atoms with Gasteiger partial charge in [0, 0.05) is 19.8 Å². The van der Waals surface area contributed by atoms with Gasteiger partial charge < -0.3 is 15.5 Å². The van der Waals surface area contributed by atoms with Crippen molar-refractivity contribution in [2.24, 2.45) is 0 Å². The van der Waals surface area contributed by atoms with Crippen LogP contribution in [0.4, 0.5) is 5.69 Å². The number of carbonyl (C=O) groups excluding carboxylic acids is 3. The van der Waals surface area contributed by atoms with Gasteiger partial charge in [0.25, 0.3) is 0 Å². The third-order valence-electron chi connectivity index (χ3n) is 3.78. The highest BCUT2D eigenvalue weighted by Gasteiger charge is 2.16. The molecule has 1 aromatic carbocycles. The van der Waals surface area contributed by atoms with E-state index in [1.807, 2.05) is 32.0 Å². The third kappa shape index (κ3) is 6.00. The first kappa shape index (κ1) is 19.6. The van der Waals surface area contributed by atoms with E-state index >= 15 is 0 Å². The van der Waals surface area contributed by atoms with E-state index in [0.29, 0.717) is 0 Å². The molecule has 0 heterocycles. The van der Waals surface area contributed by atoms with E-state index in [-0.39, 0.29) is 37.4 Å². The summed E-state index contributed by atoms with van der Waals surface area (Å²) in [5.74, 6) is -0.644. The van der Waals surface area contributed by atoms with Crippen LogP contribution in [0.3, 0.4) is 0 Å². The van der Waals surface area contributed by atoms with Crippen molar-refractivity contribution in [2.75, 3.05) is 46.1 Å². The summed E-state index contributed by atoms with van der Waals surface area (Å²) in [7, 11) is 4.76. The fraction of sp³-hybridized carbons (Fsp3) is 0.471. The summed E-state index contributed by atoms with van der Waals surface area (Å²) in [4.78, 5) is 38.4. The molecule has 0 saturated carbocycles. The molecule has 0 spiro atoms. The molecule has 0 fully saturated rings. The van der Waals surface area contributed by atoms with Crippen molar-refractivity contribution in [1.29, 1.82) is 0 Å². The number of aryl methyl sites for hydroxylation is 1. The van der Waals surface area contributed by atoms with Crippen LogP contribution in [0, 0.1) is 13.8 Å². The Labute approximate surface area is 143 Å². The van der Waals surface area contributed by atoms with Crippen molar-refractivity contribution < 1.29 is 14.4 Å². The topological polar surface area (TPSA) is 81.8 Å². The molecule has 0 aliphatic rings. The van der Waals surface area contributed by atoms with E-state index in [1.165, 1.54) is 11.9 Å². The van der Waals surface area contributed by atoms with Crippen molar-refractivity contribution in [3.8, 4) is 0 Å². The lowest BCUT2D eigenvalue weighted by molar-refractivity contribution is -0.135. The summed E-state index contributed by atoms with van der Waals surface area (Å²) >= 11 is 0. The third-order valence-corrected chi connectivity index (χ3v) is 3.78. The summed E-state index contributed by atoms with van der Waals surface area (Å²) in [6, 6.07) is 5.72. The van der Waals surface area contributed by atoms with E-state index in [1.54, 1.807) is 19.0 Å². The predicted molar refractivity (Wildman–Crippen MR) is 93.7 cm³/mol. The van der Waals surface area contributed by atoms with Gasteiger partial charge in [0.15, 0.2) is 0 Å². The molecular formula is C17H26N4O3. The second kappa shape index (κ2) is 9.02. The predicted octanol–water partition coefficient (Wildman–Crippen LogP) is 0.378. The molecule has 3 amide bonds. The number of nitrogens with one attached hydrogen (secondary N) is 2. The maximum atomic E-state index is 12.1. The van der Waals surface area contributed by atoms with Crippen LogP contribution in [-0.2, 0) is 14.4 Å². The molecular weight excluding hydrogens is 308 g/mol. The summed E-state index contributed by atoms with van der Waals surface area (Å²) < 4.78 is 0. The van der Waals surface area contributed by atoms with Gasteiger partial charge in [0.05, 0.1) is 19.6 Å². The highest BCUT2D eigenvalue weighted by molar-refractivity contribution is 5.93. The van der Waals surface area contributed by atoms with Crippen molar-refractivity contribution in [1.82, 2.24) is 15.1 Å². The molecule has 7 heteroatoms. The minimum atomic E-state index is -0.235. The molecule has 7 nitrogen and oxygen atoms in total. The average Bonchev–Trinajstić information content (AvgIpc) is 2.51. The molecule has 24 heavy (non-hydrogen) atoms. The number of anilines is 1. The lowest BCUT2D eigenvalue weighted by Gasteiger charge is -2.21. The van der Waals surface area contributed by atoms with E-state index in [4.69, 9.17) is 0 Å². The van der Waals surface area contributed by atoms with Gasteiger partial charge in [-0.2, -0.15) is 0 Å². The largest absolute Gasteiger partial charge is 0.358 e. The van der Waals surface area contributed by atoms with Gasteiger partial charge in [-0.1, -0.05) is 12.1 Å². The Bertz CT molecular complexity index is 616. The minimum absolute atomic E-state index is 0.00213. The van der Waals surface area contributed by atoms with Crippen molar-refractivity contribution >= 4 is 23.4 Å². The molecule has 1 aromatic rings. The molecule has 0 aliphatic heterocycles. The lowest BCUT2D eigenvalue weighted by Crippen LogP contribution is -2.43. The minimum Gasteiger partial charge on any atom is -0.358 e. The molecule has 0 bridgehead atoms. The number of carbonyl (C=O) groups is 3. The van der Waals surface area contributed by atoms with Gasteiger partial charge in [-0.3, -0.25) is 19.3 Å². The maximum Gasteiger partial charge on any atom is 0.239 e. The zero-order valence-corrected chi connectivity index (χ0v) is 15.0. The Balaban J connectivity index is 2.50. The highest BCUT2D eigenvalue weighted by atomic mass is 16.2. The Kier molecular flexibility index (Phi) is 7.38. The molecule has 0 radical (unpaired) electrons. The quantitative estimate of drug-likeness (QED) is 0.755. The Morgan fingerprint density at radius 3 is 2.29 bits per heavy atom. The van der Waals surface area contributed by atoms with Crippen LogP contribution >= 0.6 is 0 Å². The van der Waals surface area contributed by atoms with Crippen LogP contribution in [0.5, 0.6) is 0 Å². The first-order valence-corrected chi connectivity index (χ1v) is 7.73. The van der Waals surface area contributed by atoms with E-state index < -0.39 is 0 Å². The molecule has 0 aromatic heterocycles. The molecule has 2 N–H and O–H groups in total. The number of hydrogen-bond acceptors (Lipinski definition) is 4. The average molecular weight is 334 g/mol. The number of amides is 3. The SMILES string of the molecule is CNC(=O)CN(C)C(=O)CN(C)CC(=O)Nc1cccc(C)c1C. The Hall–Kier alpha value is -2.41. The molecule has 1 rings (SSSR count). The summed E-state index contributed by atoms with van der Waals surface area (Å²) in [6.07, 6.45) is 0. The molecule has 0 aliphatic carbocycles. The molecule has 0 saturated heterocycles. The second-order valence-corrected chi connectivity index (χ2v) is 5.89. The monoisotopic (exact) mass is 334 g/mol. The zero-order valence-electron chi connectivity index (χ0n) is 15.0. The van der Waals surface area contributed by atoms with E-state index in [0.717, 1.165) is 16.8 Å². The fourth-order valence-corrected chi connectivity index (χ4v) is 2.11. The van der Waals surface area contributed by atoms with Gasteiger partial charge in [0.1, 0.15) is 0 Å². The standard InChI is InChI=1S/C17H26N4O3/c1-12-7-6-8-14(13(12)2)19-16(23)9-20(4)11-17(24)21(5)10-15(22)18-3/h6-8H,9-11H2,1-5H3,(H,18,22)(H,19,23). The van der Waals surface area contributed by atoms with E-state index in [2.05, 4.69) is 10.6 Å². The summed E-state index contributed by atoms with van der Waals surface area (Å²) in [5, 5.41) is 5.32. The van der Waals surface area contributed by atoms with Crippen molar-refractivity contribution in [2.45, 2.75) is 13.8 Å². The van der Waals surface area contributed by atoms with Gasteiger partial charge in [-0.15, -0.1) is 0 Å². The number of rotatable bonds is 7. The molecule has 132 valence electrons. The summed E-state index contributed by atoms with van der Waals surface area (Å²) in [5.41, 5.74) is 2.90. The number of likely N-dealkylation sites (N-methyl/N-ethyl adjacent to an activating group) is 3. The smallest absolute Gasteiger partial charge is 0.239 e. The van der Waals surface area contributed by atoms with Crippen LogP contribution in [0.25, 0.3) is 0 Å². The molecule has 0 unspecified atom stereocenters. The number of benzene rings is 1. The fourth-order valence-electron chi connectivity index (χ4n) is 2.11. The number of nitrogens with zero attached hydrogens (tertiary/aromatic N) is 2. The van der Waals surface area contributed by atoms with Gasteiger partial charge in [0.2, 0.25) is 17.7 Å². The van der Waals surface area contributed by atoms with Crippen LogP contribution in [-0.4, -0.2) is 68.3 Å². The van der Waals surface area contributed by atoms with Gasteiger partial charge >= 0.3 is 0 Å². The first-order chi connectivity index (χ1) is 11.2. The Morgan fingerprint density at radius 1 is 1.00 bits per heavy atom. The number of hydrogen-bond donors (Lipinski definition) is 2. The first-order valence-electron chi connectivity index (χ1n) is 7.73. The highest BCUT2D eigenvalue weighted by Crippen LogP contribution is 2.17. The van der Waals surface area contributed by atoms with Crippen LogP contribution in [0.2, 0.25) is 0 Å². The van der Waals surface area contributed by atoms with Gasteiger partial charge in [-0.25, -0.2) is 0 Å². The zero-order chi connectivity index (χ0) is 18.3. The lowest BCUT2D eigenvalue weighted by atomic mass is 10.1. The van der Waals surface area contributed by atoms with Gasteiger partial charge in [-0.05, 0) is 38.1 Å². The Morgan fingerprint density at radius 2 is 1.67 bits per heavy atom. The van der Waals surface area contributed by atoms with E-state index in [9.17, 15) is 14.4 Å². The van der Waals surface area contributed by atoms with Crippen molar-refractivity contribution in [3.05, 3.63) is 29.3 Å². The van der Waals surface area contributed by atoms with Crippen LogP contribution in [0.15, 0.2) is 18.2 Å². The second-order valence-electron chi connectivity index (χ2n) is 5.89. The normalized spacial score (nSPS) is 10.4. The maximum absolute atomic E-state index is 12.1. The van der Waals surface area contributed by atoms with Crippen LogP contribution < -0.4 is 10.6 Å². The molecule has 0 atom stereocenters.